The van der Waals surface area contributed by atoms with Crippen LogP contribution in [0.5, 0.6) is 0 Å². The largest absolute Gasteiger partial charge is 0.524 e. The second-order valence-corrected chi connectivity index (χ2v) is 9.47. The summed E-state index contributed by atoms with van der Waals surface area (Å²) in [6.07, 6.45) is 5.71. The molecule has 0 bridgehead atoms. The molecule has 0 spiro atoms. The molecular formula is C13H26O2Si. The summed E-state index contributed by atoms with van der Waals surface area (Å²) < 4.78 is 12.1. The Hall–Kier alpha value is -0.283. The van der Waals surface area contributed by atoms with E-state index in [2.05, 4.69) is 46.9 Å². The van der Waals surface area contributed by atoms with E-state index >= 15 is 0 Å². The Morgan fingerprint density at radius 3 is 2.38 bits per heavy atom. The van der Waals surface area contributed by atoms with Gasteiger partial charge < -0.3 is 8.85 Å². The van der Waals surface area contributed by atoms with E-state index in [1.54, 1.807) is 0 Å². The molecule has 1 aliphatic carbocycles. The van der Waals surface area contributed by atoms with Crippen LogP contribution in [0.1, 0.15) is 47.0 Å². The van der Waals surface area contributed by atoms with Crippen molar-refractivity contribution < 1.29 is 8.85 Å². The van der Waals surface area contributed by atoms with Crippen LogP contribution in [0.25, 0.3) is 0 Å². The Bertz CT molecular complexity index is 264. The van der Waals surface area contributed by atoms with Gasteiger partial charge in [-0.2, -0.15) is 0 Å². The van der Waals surface area contributed by atoms with E-state index < -0.39 is 8.56 Å². The molecule has 0 radical (unpaired) electrons. The minimum Gasteiger partial charge on any atom is -0.524 e. The lowest BCUT2D eigenvalue weighted by molar-refractivity contribution is 0.0802. The van der Waals surface area contributed by atoms with Gasteiger partial charge in [0.15, 0.2) is 0 Å². The highest BCUT2D eigenvalue weighted by Gasteiger charge is 2.33. The average molecular weight is 242 g/mol. The van der Waals surface area contributed by atoms with Crippen molar-refractivity contribution in [2.75, 3.05) is 0 Å². The molecule has 0 amide bonds. The molecule has 0 aromatic carbocycles. The van der Waals surface area contributed by atoms with Gasteiger partial charge in [0.2, 0.25) is 0 Å². The third-order valence-corrected chi connectivity index (χ3v) is 4.42. The Balaban J connectivity index is 2.52. The van der Waals surface area contributed by atoms with E-state index in [4.69, 9.17) is 8.85 Å². The molecule has 1 atom stereocenters. The van der Waals surface area contributed by atoms with Gasteiger partial charge in [0.25, 0.3) is 0 Å². The second kappa shape index (κ2) is 4.92. The molecule has 1 aliphatic rings. The fourth-order valence-corrected chi connectivity index (χ4v) is 4.44. The average Bonchev–Trinajstić information content (AvgIpc) is 2.04. The molecule has 16 heavy (non-hydrogen) atoms. The van der Waals surface area contributed by atoms with Crippen LogP contribution >= 0.6 is 0 Å². The number of allylic oxidation sites excluding steroid dienone is 2. The molecule has 0 saturated heterocycles. The smallest absolute Gasteiger partial charge is 0.392 e. The van der Waals surface area contributed by atoms with Gasteiger partial charge in [0, 0.05) is 6.42 Å². The molecule has 94 valence electrons. The molecule has 3 heteroatoms. The summed E-state index contributed by atoms with van der Waals surface area (Å²) in [6, 6.07) is 0. The predicted molar refractivity (Wildman–Crippen MR) is 70.5 cm³/mol. The second-order valence-electron chi connectivity index (χ2n) is 6.27. The molecule has 0 fully saturated rings. The van der Waals surface area contributed by atoms with E-state index in [-0.39, 0.29) is 5.60 Å². The fourth-order valence-electron chi connectivity index (χ4n) is 2.11. The third-order valence-electron chi connectivity index (χ3n) is 2.56. The van der Waals surface area contributed by atoms with Gasteiger partial charge in [0.1, 0.15) is 0 Å². The van der Waals surface area contributed by atoms with Gasteiger partial charge in [-0.05, 0) is 58.7 Å². The summed E-state index contributed by atoms with van der Waals surface area (Å²) in [4.78, 5) is 0. The topological polar surface area (TPSA) is 18.5 Å². The first-order valence-electron chi connectivity index (χ1n) is 6.26. The summed E-state index contributed by atoms with van der Waals surface area (Å²) in [5, 5.41) is 0. The highest BCUT2D eigenvalue weighted by atomic mass is 28.4. The summed E-state index contributed by atoms with van der Waals surface area (Å²) >= 11 is 0. The first-order chi connectivity index (χ1) is 7.18. The predicted octanol–water partition coefficient (Wildman–Crippen LogP) is 4.22. The standard InChI is InChI=1S/C13H26O2Si/c1-11-7-9-12(10-8-11)14-16(5,6)15-13(2,3)4/h9,11H,7-8,10H2,1-6H3. The highest BCUT2D eigenvalue weighted by molar-refractivity contribution is 6.64. The van der Waals surface area contributed by atoms with Crippen LogP contribution in [0.2, 0.25) is 13.1 Å². The van der Waals surface area contributed by atoms with E-state index in [0.29, 0.717) is 0 Å². The monoisotopic (exact) mass is 242 g/mol. The van der Waals surface area contributed by atoms with Crippen LogP contribution in [0.15, 0.2) is 11.8 Å². The van der Waals surface area contributed by atoms with Crippen LogP contribution in [0, 0.1) is 5.92 Å². The van der Waals surface area contributed by atoms with Crippen molar-refractivity contribution in [1.29, 1.82) is 0 Å². The van der Waals surface area contributed by atoms with Crippen LogP contribution in [0.4, 0.5) is 0 Å². The summed E-state index contributed by atoms with van der Waals surface area (Å²) in [5.41, 5.74) is -0.113. The zero-order chi connectivity index (χ0) is 12.4. The Kier molecular flexibility index (Phi) is 4.24. The lowest BCUT2D eigenvalue weighted by Crippen LogP contribution is -2.42. The summed E-state index contributed by atoms with van der Waals surface area (Å²) in [6.45, 7) is 12.8. The van der Waals surface area contributed by atoms with Crippen molar-refractivity contribution in [3.63, 3.8) is 0 Å². The minimum absolute atomic E-state index is 0.113. The minimum atomic E-state index is -2.02. The fraction of sp³-hybridized carbons (Fsp3) is 0.846. The molecule has 1 rings (SSSR count). The third kappa shape index (κ3) is 5.17. The van der Waals surface area contributed by atoms with Gasteiger partial charge in [-0.25, -0.2) is 0 Å². The van der Waals surface area contributed by atoms with Crippen molar-refractivity contribution in [3.8, 4) is 0 Å². The molecule has 2 nitrogen and oxygen atoms in total. The van der Waals surface area contributed by atoms with Crippen molar-refractivity contribution in [1.82, 2.24) is 0 Å². The normalized spacial score (nSPS) is 22.9. The summed E-state index contributed by atoms with van der Waals surface area (Å²) in [5.74, 6) is 1.96. The molecule has 0 aromatic heterocycles. The van der Waals surface area contributed by atoms with Crippen LogP contribution in [-0.2, 0) is 8.85 Å². The van der Waals surface area contributed by atoms with E-state index in [1.165, 1.54) is 6.42 Å². The first-order valence-corrected chi connectivity index (χ1v) is 9.08. The van der Waals surface area contributed by atoms with E-state index in [0.717, 1.165) is 24.5 Å². The van der Waals surface area contributed by atoms with Crippen LogP contribution in [-0.4, -0.2) is 14.2 Å². The van der Waals surface area contributed by atoms with Gasteiger partial charge in [-0.3, -0.25) is 0 Å². The number of hydrogen-bond donors (Lipinski definition) is 0. The van der Waals surface area contributed by atoms with Gasteiger partial charge in [-0.1, -0.05) is 6.92 Å². The summed E-state index contributed by atoms with van der Waals surface area (Å²) in [7, 11) is -2.02. The number of rotatable bonds is 3. The zero-order valence-electron chi connectivity index (χ0n) is 11.6. The molecule has 0 saturated carbocycles. The molecule has 0 aromatic rings. The van der Waals surface area contributed by atoms with Gasteiger partial charge >= 0.3 is 8.56 Å². The SMILES string of the molecule is CC1CC=C(O[Si](C)(C)OC(C)(C)C)CC1. The Morgan fingerprint density at radius 2 is 1.94 bits per heavy atom. The molecular weight excluding hydrogens is 216 g/mol. The lowest BCUT2D eigenvalue weighted by Gasteiger charge is -2.34. The molecule has 0 heterocycles. The molecule has 0 aliphatic heterocycles. The zero-order valence-corrected chi connectivity index (χ0v) is 12.6. The Morgan fingerprint density at radius 1 is 1.31 bits per heavy atom. The van der Waals surface area contributed by atoms with E-state index in [9.17, 15) is 0 Å². The maximum atomic E-state index is 6.08. The van der Waals surface area contributed by atoms with Crippen LogP contribution < -0.4 is 0 Å². The molecule has 1 unspecified atom stereocenters. The van der Waals surface area contributed by atoms with Crippen molar-refractivity contribution in [3.05, 3.63) is 11.8 Å². The van der Waals surface area contributed by atoms with E-state index in [1.807, 2.05) is 0 Å². The molecule has 0 N–H and O–H groups in total. The Labute approximate surface area is 101 Å². The highest BCUT2D eigenvalue weighted by Crippen LogP contribution is 2.28. The quantitative estimate of drug-likeness (QED) is 0.690. The lowest BCUT2D eigenvalue weighted by atomic mass is 9.95. The van der Waals surface area contributed by atoms with Crippen molar-refractivity contribution in [2.24, 2.45) is 5.92 Å². The van der Waals surface area contributed by atoms with Crippen molar-refractivity contribution >= 4 is 8.56 Å². The maximum Gasteiger partial charge on any atom is 0.392 e. The van der Waals surface area contributed by atoms with Crippen LogP contribution in [0.3, 0.4) is 0 Å². The van der Waals surface area contributed by atoms with Gasteiger partial charge in [-0.15, -0.1) is 0 Å². The van der Waals surface area contributed by atoms with Crippen molar-refractivity contribution in [2.45, 2.75) is 65.7 Å². The first kappa shape index (κ1) is 13.8. The number of hydrogen-bond acceptors (Lipinski definition) is 2. The maximum absolute atomic E-state index is 6.08. The van der Waals surface area contributed by atoms with Gasteiger partial charge in [0.05, 0.1) is 11.4 Å².